The number of rotatable bonds is 13. The van der Waals surface area contributed by atoms with Crippen LogP contribution in [0.1, 0.15) is 33.3 Å². The van der Waals surface area contributed by atoms with E-state index < -0.39 is 0 Å². The lowest BCUT2D eigenvalue weighted by molar-refractivity contribution is -0.0678. The van der Waals surface area contributed by atoms with Crippen LogP contribution in [0.5, 0.6) is 5.88 Å². The number of morpholine rings is 2. The molecule has 270 valence electrons. The summed E-state index contributed by atoms with van der Waals surface area (Å²) in [6.07, 6.45) is 1.47. The number of aromatic nitrogens is 5. The Morgan fingerprint density at radius 2 is 1.76 bits per heavy atom. The van der Waals surface area contributed by atoms with E-state index in [-0.39, 0.29) is 28.5 Å². The Morgan fingerprint density at radius 3 is 2.51 bits per heavy atom. The molecule has 16 nitrogen and oxygen atoms in total. The fraction of sp³-hybridized carbons (Fsp3) is 0.412. The van der Waals surface area contributed by atoms with Crippen LogP contribution in [0.4, 0.5) is 23.0 Å². The van der Waals surface area contributed by atoms with Crippen molar-refractivity contribution in [2.75, 3.05) is 95.3 Å². The van der Waals surface area contributed by atoms with E-state index in [1.54, 1.807) is 34.0 Å². The second-order valence-electron chi connectivity index (χ2n) is 11.9. The monoisotopic (exact) mass is 719 g/mol. The first kappa shape index (κ1) is 35.9. The normalized spacial score (nSPS) is 15.3. The molecule has 2 saturated heterocycles. The van der Waals surface area contributed by atoms with E-state index in [4.69, 9.17) is 30.9 Å². The molecule has 0 saturated carbocycles. The number of methoxy groups -OCH3 is 1. The van der Waals surface area contributed by atoms with Gasteiger partial charge in [-0.15, -0.1) is 0 Å². The molecule has 0 atom stereocenters. The maximum absolute atomic E-state index is 13.9. The minimum absolute atomic E-state index is 0.139. The molecule has 0 bridgehead atoms. The van der Waals surface area contributed by atoms with Gasteiger partial charge in [-0.1, -0.05) is 17.7 Å². The van der Waals surface area contributed by atoms with Crippen LogP contribution in [0.25, 0.3) is 5.82 Å². The van der Waals surface area contributed by atoms with E-state index in [0.717, 1.165) is 38.4 Å². The zero-order valence-corrected chi connectivity index (χ0v) is 29.6. The molecular weight excluding hydrogens is 678 g/mol. The summed E-state index contributed by atoms with van der Waals surface area (Å²) in [6.45, 7) is 11.4. The zero-order chi connectivity index (χ0) is 35.7. The molecule has 0 unspecified atom stereocenters. The number of hydrogen-bond acceptors (Lipinski definition) is 13. The number of halogens is 1. The molecule has 2 fully saturated rings. The molecule has 0 spiro atoms. The molecule has 51 heavy (non-hydrogen) atoms. The SMILES string of the molecule is CCN(C(=O)c1cc(Nc2cc(NC(=O)c3cc(Cl)nc(OC)c3)ccc2C)n(-c2cc(NCCN3CCOCC3)ncn2)n1)N1CCOCC1. The number of carbonyl (C=O) groups is 2. The van der Waals surface area contributed by atoms with Gasteiger partial charge in [0.1, 0.15) is 23.1 Å². The lowest BCUT2D eigenvalue weighted by Gasteiger charge is -2.36. The van der Waals surface area contributed by atoms with Crippen molar-refractivity contribution in [2.24, 2.45) is 0 Å². The summed E-state index contributed by atoms with van der Waals surface area (Å²) in [5, 5.41) is 18.3. The van der Waals surface area contributed by atoms with Crippen LogP contribution in [-0.4, -0.2) is 131 Å². The number of nitrogens with zero attached hydrogens (tertiary/aromatic N) is 8. The molecule has 1 aromatic carbocycles. The smallest absolute Gasteiger partial charge is 0.288 e. The molecule has 2 aliphatic heterocycles. The highest BCUT2D eigenvalue weighted by molar-refractivity contribution is 6.30. The summed E-state index contributed by atoms with van der Waals surface area (Å²) < 4.78 is 17.7. The van der Waals surface area contributed by atoms with Gasteiger partial charge < -0.3 is 30.2 Å². The third-order valence-corrected chi connectivity index (χ3v) is 8.69. The molecule has 2 amide bonds. The van der Waals surface area contributed by atoms with E-state index in [9.17, 15) is 9.59 Å². The largest absolute Gasteiger partial charge is 0.481 e. The Morgan fingerprint density at radius 1 is 1.00 bits per heavy atom. The summed E-state index contributed by atoms with van der Waals surface area (Å²) >= 11 is 6.10. The average molecular weight is 720 g/mol. The number of hydrogen-bond donors (Lipinski definition) is 3. The number of anilines is 4. The van der Waals surface area contributed by atoms with Gasteiger partial charge in [-0.05, 0) is 37.6 Å². The standard InChI is InChI=1S/C34H42ClN11O5/c1-4-45(44-11-15-51-16-12-44)34(48)27-20-31(46(42-27)30-21-29(37-22-38-30)36-7-8-43-9-13-50-14-10-43)40-26-19-25(6-5-23(26)2)39-33(47)24-17-28(35)41-32(18-24)49-3/h5-6,17-22,40H,4,7-16H2,1-3H3,(H,39,47)(H,36,37,38). The summed E-state index contributed by atoms with van der Waals surface area (Å²) in [5.74, 6) is 1.17. The third-order valence-electron chi connectivity index (χ3n) is 8.50. The Labute approximate surface area is 301 Å². The van der Waals surface area contributed by atoms with Gasteiger partial charge in [0, 0.05) is 81.0 Å². The average Bonchev–Trinajstić information content (AvgIpc) is 3.58. The maximum Gasteiger partial charge on any atom is 0.288 e. The van der Waals surface area contributed by atoms with E-state index in [1.165, 1.54) is 25.6 Å². The number of ether oxygens (including phenoxy) is 3. The van der Waals surface area contributed by atoms with Gasteiger partial charge in [-0.3, -0.25) is 19.5 Å². The van der Waals surface area contributed by atoms with Gasteiger partial charge in [0.25, 0.3) is 11.8 Å². The second-order valence-corrected chi connectivity index (χ2v) is 12.3. The van der Waals surface area contributed by atoms with Crippen molar-refractivity contribution in [2.45, 2.75) is 13.8 Å². The Hall–Kier alpha value is -4.87. The van der Waals surface area contributed by atoms with Crippen LogP contribution >= 0.6 is 11.6 Å². The van der Waals surface area contributed by atoms with Gasteiger partial charge in [0.2, 0.25) is 5.88 Å². The fourth-order valence-corrected chi connectivity index (χ4v) is 5.96. The van der Waals surface area contributed by atoms with Crippen LogP contribution < -0.4 is 20.7 Å². The molecule has 0 radical (unpaired) electrons. The van der Waals surface area contributed by atoms with Gasteiger partial charge in [-0.25, -0.2) is 20.0 Å². The number of benzene rings is 1. The third kappa shape index (κ3) is 9.08. The number of pyridine rings is 1. The summed E-state index contributed by atoms with van der Waals surface area (Å²) in [6, 6.07) is 12.0. The van der Waals surface area contributed by atoms with Gasteiger partial charge in [0.05, 0.1) is 33.5 Å². The highest BCUT2D eigenvalue weighted by Crippen LogP contribution is 2.28. The van der Waals surface area contributed by atoms with Crippen molar-refractivity contribution < 1.29 is 23.8 Å². The predicted octanol–water partition coefficient (Wildman–Crippen LogP) is 3.48. The number of nitrogens with one attached hydrogen (secondary N) is 3. The quantitative estimate of drug-likeness (QED) is 0.172. The Kier molecular flexibility index (Phi) is 11.9. The summed E-state index contributed by atoms with van der Waals surface area (Å²) in [5.41, 5.74) is 2.62. The Balaban J connectivity index is 1.28. The minimum Gasteiger partial charge on any atom is -0.481 e. The molecular formula is C34H42ClN11O5. The molecule has 3 aromatic heterocycles. The summed E-state index contributed by atoms with van der Waals surface area (Å²) in [7, 11) is 1.45. The van der Waals surface area contributed by atoms with Crippen LogP contribution in [0.15, 0.2) is 48.8 Å². The first-order valence-electron chi connectivity index (χ1n) is 16.8. The van der Waals surface area contributed by atoms with Crippen LogP contribution in [-0.2, 0) is 9.47 Å². The number of carbonyl (C=O) groups excluding carboxylic acids is 2. The Bertz CT molecular complexity index is 1830. The first-order chi connectivity index (χ1) is 24.8. The van der Waals surface area contributed by atoms with E-state index in [0.29, 0.717) is 73.8 Å². The number of aryl methyl sites for hydroxylation is 1. The molecule has 3 N–H and O–H groups in total. The lowest BCUT2D eigenvalue weighted by Crippen LogP contribution is -2.51. The highest BCUT2D eigenvalue weighted by Gasteiger charge is 2.27. The van der Waals surface area contributed by atoms with Crippen LogP contribution in [0, 0.1) is 6.92 Å². The van der Waals surface area contributed by atoms with E-state index in [2.05, 4.69) is 35.8 Å². The molecule has 5 heterocycles. The maximum atomic E-state index is 13.9. The minimum atomic E-state index is -0.386. The topological polar surface area (TPSA) is 164 Å². The van der Waals surface area contributed by atoms with Crippen molar-refractivity contribution >= 4 is 46.4 Å². The van der Waals surface area contributed by atoms with Crippen molar-refractivity contribution in [1.82, 2.24) is 39.7 Å². The molecule has 4 aromatic rings. The highest BCUT2D eigenvalue weighted by atomic mass is 35.5. The number of amides is 2. The first-order valence-corrected chi connectivity index (χ1v) is 17.2. The van der Waals surface area contributed by atoms with Gasteiger partial charge >= 0.3 is 0 Å². The number of hydrazine groups is 1. The lowest BCUT2D eigenvalue weighted by atomic mass is 10.1. The van der Waals surface area contributed by atoms with E-state index in [1.807, 2.05) is 24.9 Å². The van der Waals surface area contributed by atoms with Crippen molar-refractivity contribution in [3.8, 4) is 11.7 Å². The molecule has 0 aliphatic carbocycles. The van der Waals surface area contributed by atoms with Crippen molar-refractivity contribution in [3.63, 3.8) is 0 Å². The van der Waals surface area contributed by atoms with Gasteiger partial charge in [-0.2, -0.15) is 9.78 Å². The predicted molar refractivity (Wildman–Crippen MR) is 192 cm³/mol. The zero-order valence-electron chi connectivity index (χ0n) is 28.9. The van der Waals surface area contributed by atoms with Gasteiger partial charge in [0.15, 0.2) is 11.5 Å². The summed E-state index contributed by atoms with van der Waals surface area (Å²) in [4.78, 5) is 42.4. The fourth-order valence-electron chi connectivity index (χ4n) is 5.76. The van der Waals surface area contributed by atoms with Crippen molar-refractivity contribution in [3.05, 3.63) is 70.8 Å². The molecule has 6 rings (SSSR count). The van der Waals surface area contributed by atoms with Crippen LogP contribution in [0.2, 0.25) is 5.15 Å². The second kappa shape index (κ2) is 16.9. The van der Waals surface area contributed by atoms with Crippen LogP contribution in [0.3, 0.4) is 0 Å². The molecule has 17 heteroatoms. The van der Waals surface area contributed by atoms with Crippen molar-refractivity contribution in [1.29, 1.82) is 0 Å². The van der Waals surface area contributed by atoms with E-state index >= 15 is 0 Å². The molecule has 2 aliphatic rings.